The van der Waals surface area contributed by atoms with E-state index in [0.29, 0.717) is 40.7 Å². The lowest BCUT2D eigenvalue weighted by atomic mass is 9.75. The van der Waals surface area contributed by atoms with Crippen LogP contribution in [0.1, 0.15) is 44.6 Å². The smallest absolute Gasteiger partial charge is 0.336 e. The predicted octanol–water partition coefficient (Wildman–Crippen LogP) is 3.32. The number of esters is 1. The Labute approximate surface area is 161 Å². The molecule has 0 saturated heterocycles. The van der Waals surface area contributed by atoms with Crippen molar-refractivity contribution in [2.24, 2.45) is 0 Å². The first-order valence-electron chi connectivity index (χ1n) is 9.44. The van der Waals surface area contributed by atoms with Gasteiger partial charge < -0.3 is 14.5 Å². The highest BCUT2D eigenvalue weighted by molar-refractivity contribution is 6.03. The summed E-state index contributed by atoms with van der Waals surface area (Å²) in [6.07, 6.45) is 3.21. The van der Waals surface area contributed by atoms with Crippen LogP contribution in [0.5, 0.6) is 0 Å². The van der Waals surface area contributed by atoms with Crippen LogP contribution >= 0.6 is 0 Å². The molecule has 0 saturated carbocycles. The minimum atomic E-state index is -0.788. The summed E-state index contributed by atoms with van der Waals surface area (Å²) < 4.78 is 10.9. The van der Waals surface area contributed by atoms with Crippen molar-refractivity contribution in [1.29, 1.82) is 0 Å². The quantitative estimate of drug-likeness (QED) is 0.824. The molecule has 0 bridgehead atoms. The van der Waals surface area contributed by atoms with E-state index in [0.717, 1.165) is 12.1 Å². The van der Waals surface area contributed by atoms with Crippen molar-refractivity contribution in [3.8, 4) is 0 Å². The number of dihydropyridines is 1. The summed E-state index contributed by atoms with van der Waals surface area (Å²) in [6.45, 7) is 3.69. The van der Waals surface area contributed by atoms with Gasteiger partial charge in [0.25, 0.3) is 0 Å². The minimum absolute atomic E-state index is 0.0550. The first-order chi connectivity index (χ1) is 13.5. The SMILES string of the molecule is CCOC(=O)C1=C(C)NC2=C(C(=O)CCC2)[C@H]1c1coc2ccccc2c1=O. The number of para-hydroxylation sites is 1. The second kappa shape index (κ2) is 7.11. The third-order valence-electron chi connectivity index (χ3n) is 5.29. The zero-order valence-corrected chi connectivity index (χ0v) is 15.8. The van der Waals surface area contributed by atoms with Gasteiger partial charge >= 0.3 is 5.97 Å². The van der Waals surface area contributed by atoms with Crippen LogP contribution in [0.25, 0.3) is 11.0 Å². The lowest BCUT2D eigenvalue weighted by Gasteiger charge is -2.33. The second-order valence-corrected chi connectivity index (χ2v) is 7.00. The van der Waals surface area contributed by atoms with Gasteiger partial charge in [-0.05, 0) is 38.8 Å². The maximum absolute atomic E-state index is 13.3. The summed E-state index contributed by atoms with van der Waals surface area (Å²) in [7, 11) is 0. The van der Waals surface area contributed by atoms with E-state index in [1.165, 1.54) is 6.26 Å². The third kappa shape index (κ3) is 2.85. The number of rotatable bonds is 3. The Morgan fingerprint density at radius 1 is 1.25 bits per heavy atom. The highest BCUT2D eigenvalue weighted by atomic mass is 16.5. The van der Waals surface area contributed by atoms with Gasteiger partial charge in [0.2, 0.25) is 0 Å². The molecule has 0 unspecified atom stereocenters. The zero-order chi connectivity index (χ0) is 19.8. The molecule has 0 fully saturated rings. The molecule has 144 valence electrons. The first-order valence-corrected chi connectivity index (χ1v) is 9.44. The molecule has 6 heteroatoms. The highest BCUT2D eigenvalue weighted by Crippen LogP contribution is 2.41. The summed E-state index contributed by atoms with van der Waals surface area (Å²) in [5.41, 5.74) is 2.65. The molecule has 1 N–H and O–H groups in total. The number of nitrogens with one attached hydrogen (secondary N) is 1. The highest BCUT2D eigenvalue weighted by Gasteiger charge is 2.40. The van der Waals surface area contributed by atoms with E-state index in [1.807, 2.05) is 0 Å². The van der Waals surface area contributed by atoms with Crippen LogP contribution in [-0.2, 0) is 14.3 Å². The Bertz CT molecular complexity index is 1110. The van der Waals surface area contributed by atoms with Crippen molar-refractivity contribution >= 4 is 22.7 Å². The minimum Gasteiger partial charge on any atom is -0.464 e. The lowest BCUT2D eigenvalue weighted by Crippen LogP contribution is -2.36. The number of benzene rings is 1. The second-order valence-electron chi connectivity index (χ2n) is 7.00. The van der Waals surface area contributed by atoms with Gasteiger partial charge in [-0.1, -0.05) is 12.1 Å². The van der Waals surface area contributed by atoms with Gasteiger partial charge in [0.15, 0.2) is 11.2 Å². The maximum atomic E-state index is 13.3. The lowest BCUT2D eigenvalue weighted by molar-refractivity contribution is -0.138. The largest absolute Gasteiger partial charge is 0.464 e. The topological polar surface area (TPSA) is 85.6 Å². The van der Waals surface area contributed by atoms with Crippen molar-refractivity contribution in [2.45, 2.75) is 39.0 Å². The number of hydrogen-bond acceptors (Lipinski definition) is 6. The van der Waals surface area contributed by atoms with Gasteiger partial charge in [0, 0.05) is 29.0 Å². The number of carbonyl (C=O) groups is 2. The van der Waals surface area contributed by atoms with Crippen LogP contribution in [0.3, 0.4) is 0 Å². The monoisotopic (exact) mass is 379 g/mol. The van der Waals surface area contributed by atoms with E-state index in [1.54, 1.807) is 38.1 Å². The Hall–Kier alpha value is -3.15. The van der Waals surface area contributed by atoms with Gasteiger partial charge in [-0.3, -0.25) is 9.59 Å². The number of hydrogen-bond donors (Lipinski definition) is 1. The number of fused-ring (bicyclic) bond motifs is 1. The van der Waals surface area contributed by atoms with Crippen LogP contribution in [0, 0.1) is 0 Å². The molecule has 6 nitrogen and oxygen atoms in total. The summed E-state index contributed by atoms with van der Waals surface area (Å²) in [5, 5.41) is 3.62. The van der Waals surface area contributed by atoms with Gasteiger partial charge in [-0.25, -0.2) is 4.79 Å². The molecule has 1 aromatic carbocycles. The molecule has 1 atom stereocenters. The van der Waals surface area contributed by atoms with E-state index in [-0.39, 0.29) is 23.4 Å². The fraction of sp³-hybridized carbons (Fsp3) is 0.318. The summed E-state index contributed by atoms with van der Waals surface area (Å²) in [4.78, 5) is 38.8. The first kappa shape index (κ1) is 18.2. The van der Waals surface area contributed by atoms with Crippen LogP contribution in [0.4, 0.5) is 0 Å². The molecular formula is C22H21NO5. The Morgan fingerprint density at radius 3 is 2.82 bits per heavy atom. The van der Waals surface area contributed by atoms with Crippen molar-refractivity contribution in [3.05, 3.63) is 68.9 Å². The summed E-state index contributed by atoms with van der Waals surface area (Å²) in [5.74, 6) is -1.38. The zero-order valence-electron chi connectivity index (χ0n) is 15.8. The van der Waals surface area contributed by atoms with Crippen molar-refractivity contribution < 1.29 is 18.7 Å². The number of allylic oxidation sites excluding steroid dienone is 3. The molecule has 0 radical (unpaired) electrons. The van der Waals surface area contributed by atoms with Crippen LogP contribution in [-0.4, -0.2) is 18.4 Å². The van der Waals surface area contributed by atoms with E-state index in [2.05, 4.69) is 5.32 Å². The molecule has 1 aliphatic carbocycles. The average Bonchev–Trinajstić information content (AvgIpc) is 2.68. The van der Waals surface area contributed by atoms with E-state index < -0.39 is 11.9 Å². The molecule has 0 spiro atoms. The molecule has 0 amide bonds. The van der Waals surface area contributed by atoms with Crippen molar-refractivity contribution in [3.63, 3.8) is 0 Å². The van der Waals surface area contributed by atoms with E-state index >= 15 is 0 Å². The summed E-state index contributed by atoms with van der Waals surface area (Å²) >= 11 is 0. The maximum Gasteiger partial charge on any atom is 0.336 e. The number of ketones is 1. The average molecular weight is 379 g/mol. The fourth-order valence-corrected chi connectivity index (χ4v) is 4.07. The molecule has 4 rings (SSSR count). The van der Waals surface area contributed by atoms with Gasteiger partial charge in [-0.15, -0.1) is 0 Å². The Balaban J connectivity index is 1.98. The van der Waals surface area contributed by atoms with E-state index in [9.17, 15) is 14.4 Å². The number of Topliss-reactive ketones (excluding diaryl/α,β-unsaturated/α-hetero) is 1. The Morgan fingerprint density at radius 2 is 2.04 bits per heavy atom. The number of carbonyl (C=O) groups excluding carboxylic acids is 2. The Kier molecular flexibility index (Phi) is 4.63. The van der Waals surface area contributed by atoms with Crippen LogP contribution in [0.2, 0.25) is 0 Å². The standard InChI is InChI=1S/C22H21NO5/c1-3-27-22(26)18-12(2)23-15-8-6-9-16(24)20(15)19(18)14-11-28-17-10-5-4-7-13(17)21(14)25/h4-5,7,10-11,19,23H,3,6,8-9H2,1-2H3/t19-/m0/s1. The molecule has 1 aliphatic heterocycles. The normalized spacial score (nSPS) is 19.5. The van der Waals surface area contributed by atoms with Gasteiger partial charge in [0.1, 0.15) is 5.58 Å². The van der Waals surface area contributed by atoms with Crippen molar-refractivity contribution in [1.82, 2.24) is 5.32 Å². The molecule has 28 heavy (non-hydrogen) atoms. The predicted molar refractivity (Wildman–Crippen MR) is 104 cm³/mol. The van der Waals surface area contributed by atoms with Gasteiger partial charge in [-0.2, -0.15) is 0 Å². The van der Waals surface area contributed by atoms with Gasteiger partial charge in [0.05, 0.1) is 29.7 Å². The third-order valence-corrected chi connectivity index (χ3v) is 5.29. The van der Waals surface area contributed by atoms with Crippen LogP contribution < -0.4 is 10.7 Å². The van der Waals surface area contributed by atoms with Crippen LogP contribution in [0.15, 0.2) is 62.3 Å². The molecule has 2 heterocycles. The fourth-order valence-electron chi connectivity index (χ4n) is 4.07. The molecular weight excluding hydrogens is 358 g/mol. The van der Waals surface area contributed by atoms with Crippen molar-refractivity contribution in [2.75, 3.05) is 6.61 Å². The number of ether oxygens (including phenoxy) is 1. The van der Waals surface area contributed by atoms with E-state index in [4.69, 9.17) is 9.15 Å². The molecule has 2 aliphatic rings. The molecule has 2 aromatic rings. The summed E-state index contributed by atoms with van der Waals surface area (Å²) in [6, 6.07) is 6.95. The molecule has 1 aromatic heterocycles.